The summed E-state index contributed by atoms with van der Waals surface area (Å²) in [6.07, 6.45) is 6.30. The number of rotatable bonds is 7. The maximum atomic E-state index is 5.66. The van der Waals surface area contributed by atoms with Gasteiger partial charge >= 0.3 is 0 Å². The minimum absolute atomic E-state index is 0.247. The van der Waals surface area contributed by atoms with Crippen molar-refractivity contribution in [3.63, 3.8) is 0 Å². The molecular formula is C15H21N2O2+. The third-order valence-electron chi connectivity index (χ3n) is 2.66. The highest BCUT2D eigenvalue weighted by Gasteiger charge is 2.04. The van der Waals surface area contributed by atoms with Gasteiger partial charge in [0.2, 0.25) is 6.33 Å². The first-order chi connectivity index (χ1) is 9.24. The van der Waals surface area contributed by atoms with Gasteiger partial charge in [-0.15, -0.1) is 0 Å². The smallest absolute Gasteiger partial charge is 0.245 e. The highest BCUT2D eigenvalue weighted by Crippen LogP contribution is 2.07. The fourth-order valence-corrected chi connectivity index (χ4v) is 1.67. The van der Waals surface area contributed by atoms with Gasteiger partial charge in [-0.1, -0.05) is 18.2 Å². The average Bonchev–Trinajstić information content (AvgIpc) is 2.86. The van der Waals surface area contributed by atoms with Gasteiger partial charge in [-0.05, 0) is 26.0 Å². The molecule has 0 saturated heterocycles. The maximum Gasteiger partial charge on any atom is 0.245 e. The number of nitrogens with zero attached hydrogens (tertiary/aromatic N) is 2. The molecule has 19 heavy (non-hydrogen) atoms. The molecule has 1 heterocycles. The summed E-state index contributed by atoms with van der Waals surface area (Å²) in [7, 11) is 0. The molecule has 0 radical (unpaired) electrons. The summed E-state index contributed by atoms with van der Waals surface area (Å²) in [4.78, 5) is 0. The summed E-state index contributed by atoms with van der Waals surface area (Å²) in [5.41, 5.74) is 0. The Morgan fingerprint density at radius 1 is 1.21 bits per heavy atom. The van der Waals surface area contributed by atoms with E-state index in [4.69, 9.17) is 9.47 Å². The van der Waals surface area contributed by atoms with E-state index in [2.05, 4.69) is 4.57 Å². The van der Waals surface area contributed by atoms with Crippen molar-refractivity contribution in [3.05, 3.63) is 49.1 Å². The Morgan fingerprint density at radius 2 is 2.00 bits per heavy atom. The van der Waals surface area contributed by atoms with E-state index in [1.807, 2.05) is 67.5 Å². The third-order valence-corrected chi connectivity index (χ3v) is 2.66. The second-order valence-electron chi connectivity index (χ2n) is 4.67. The zero-order chi connectivity index (χ0) is 13.5. The Bertz CT molecular complexity index is 480. The standard InChI is InChI=1S/C15H21N2O2/c1-14(2)19-13-17-9-8-16(12-17)10-11-18-15-6-4-3-5-7-15/h3-9,12,14H,10-11,13H2,1-2H3/q+1. The number of aromatic nitrogens is 2. The van der Waals surface area contributed by atoms with Crippen molar-refractivity contribution in [2.45, 2.75) is 33.2 Å². The molecule has 0 aliphatic carbocycles. The van der Waals surface area contributed by atoms with Crippen molar-refractivity contribution in [2.75, 3.05) is 6.61 Å². The fourth-order valence-electron chi connectivity index (χ4n) is 1.67. The third kappa shape index (κ3) is 4.75. The maximum absolute atomic E-state index is 5.66. The van der Waals surface area contributed by atoms with Crippen LogP contribution in [-0.2, 0) is 18.0 Å². The first kappa shape index (κ1) is 13.6. The van der Waals surface area contributed by atoms with Crippen molar-refractivity contribution < 1.29 is 14.0 Å². The van der Waals surface area contributed by atoms with Crippen LogP contribution in [-0.4, -0.2) is 17.3 Å². The average molecular weight is 261 g/mol. The van der Waals surface area contributed by atoms with Crippen molar-refractivity contribution in [1.82, 2.24) is 4.57 Å². The molecule has 0 unspecified atom stereocenters. The van der Waals surface area contributed by atoms with Gasteiger partial charge in [-0.25, -0.2) is 9.13 Å². The molecule has 0 atom stereocenters. The summed E-state index contributed by atoms with van der Waals surface area (Å²) in [6.45, 7) is 6.13. The fraction of sp³-hybridized carbons (Fsp3) is 0.400. The Morgan fingerprint density at radius 3 is 2.74 bits per heavy atom. The topological polar surface area (TPSA) is 27.3 Å². The molecule has 0 spiro atoms. The van der Waals surface area contributed by atoms with Crippen LogP contribution in [0.4, 0.5) is 0 Å². The van der Waals surface area contributed by atoms with Crippen LogP contribution in [0.2, 0.25) is 0 Å². The monoisotopic (exact) mass is 261 g/mol. The van der Waals surface area contributed by atoms with E-state index in [-0.39, 0.29) is 6.10 Å². The van der Waals surface area contributed by atoms with Crippen LogP contribution in [0.1, 0.15) is 13.8 Å². The van der Waals surface area contributed by atoms with Gasteiger partial charge in [0.25, 0.3) is 0 Å². The predicted molar refractivity (Wildman–Crippen MR) is 72.8 cm³/mol. The second-order valence-corrected chi connectivity index (χ2v) is 4.67. The minimum Gasteiger partial charge on any atom is -0.489 e. The SMILES string of the molecule is CC(C)OC[n+]1ccn(CCOc2ccccc2)c1. The largest absolute Gasteiger partial charge is 0.489 e. The molecular weight excluding hydrogens is 240 g/mol. The zero-order valence-corrected chi connectivity index (χ0v) is 11.5. The van der Waals surface area contributed by atoms with E-state index >= 15 is 0 Å². The van der Waals surface area contributed by atoms with Crippen LogP contribution >= 0.6 is 0 Å². The molecule has 0 bridgehead atoms. The quantitative estimate of drug-likeness (QED) is 0.715. The molecule has 0 amide bonds. The molecule has 0 aliphatic heterocycles. The van der Waals surface area contributed by atoms with E-state index in [9.17, 15) is 0 Å². The van der Waals surface area contributed by atoms with E-state index in [0.29, 0.717) is 13.3 Å². The van der Waals surface area contributed by atoms with Crippen LogP contribution in [0, 0.1) is 0 Å². The summed E-state index contributed by atoms with van der Waals surface area (Å²) < 4.78 is 15.3. The molecule has 4 nitrogen and oxygen atoms in total. The summed E-state index contributed by atoms with van der Waals surface area (Å²) >= 11 is 0. The van der Waals surface area contributed by atoms with Gasteiger partial charge in [-0.3, -0.25) is 0 Å². The summed E-state index contributed by atoms with van der Waals surface area (Å²) in [5, 5.41) is 0. The van der Waals surface area contributed by atoms with E-state index in [0.717, 1.165) is 12.3 Å². The van der Waals surface area contributed by atoms with Crippen molar-refractivity contribution in [1.29, 1.82) is 0 Å². The van der Waals surface area contributed by atoms with Crippen molar-refractivity contribution in [2.24, 2.45) is 0 Å². The summed E-state index contributed by atoms with van der Waals surface area (Å²) in [5.74, 6) is 0.908. The van der Waals surface area contributed by atoms with E-state index in [1.165, 1.54) is 0 Å². The molecule has 102 valence electrons. The number of benzene rings is 1. The Balaban J connectivity index is 1.74. The van der Waals surface area contributed by atoms with E-state index < -0.39 is 0 Å². The Labute approximate surface area is 114 Å². The van der Waals surface area contributed by atoms with Gasteiger partial charge in [0, 0.05) is 0 Å². The first-order valence-corrected chi connectivity index (χ1v) is 6.58. The molecule has 4 heteroatoms. The zero-order valence-electron chi connectivity index (χ0n) is 11.5. The van der Waals surface area contributed by atoms with E-state index in [1.54, 1.807) is 0 Å². The second kappa shape index (κ2) is 6.95. The van der Waals surface area contributed by atoms with Crippen LogP contribution in [0.5, 0.6) is 5.75 Å². The molecule has 0 N–H and O–H groups in total. The molecule has 1 aromatic heterocycles. The molecule has 2 aromatic rings. The lowest BCUT2D eigenvalue weighted by Crippen LogP contribution is -2.34. The lowest BCUT2D eigenvalue weighted by atomic mass is 10.3. The number of hydrogen-bond acceptors (Lipinski definition) is 2. The lowest BCUT2D eigenvalue weighted by molar-refractivity contribution is -0.734. The lowest BCUT2D eigenvalue weighted by Gasteiger charge is -2.04. The summed E-state index contributed by atoms with van der Waals surface area (Å²) in [6, 6.07) is 9.86. The number of para-hydroxylation sites is 1. The predicted octanol–water partition coefficient (Wildman–Crippen LogP) is 2.24. The normalized spacial score (nSPS) is 10.9. The van der Waals surface area contributed by atoms with Gasteiger partial charge in [0.1, 0.15) is 31.3 Å². The number of hydrogen-bond donors (Lipinski definition) is 0. The molecule has 0 fully saturated rings. The molecule has 0 saturated carbocycles. The van der Waals surface area contributed by atoms with Gasteiger partial charge in [-0.2, -0.15) is 0 Å². The van der Waals surface area contributed by atoms with Crippen LogP contribution in [0.3, 0.4) is 0 Å². The van der Waals surface area contributed by atoms with Crippen LogP contribution in [0.15, 0.2) is 49.1 Å². The van der Waals surface area contributed by atoms with Gasteiger partial charge < -0.3 is 9.47 Å². The Kier molecular flexibility index (Phi) is 4.98. The molecule has 0 aliphatic rings. The van der Waals surface area contributed by atoms with Crippen LogP contribution < -0.4 is 9.30 Å². The molecule has 1 aromatic carbocycles. The van der Waals surface area contributed by atoms with Crippen molar-refractivity contribution >= 4 is 0 Å². The van der Waals surface area contributed by atoms with Crippen LogP contribution in [0.25, 0.3) is 0 Å². The highest BCUT2D eigenvalue weighted by molar-refractivity contribution is 5.20. The Hall–Kier alpha value is -1.81. The van der Waals surface area contributed by atoms with Gasteiger partial charge in [0.05, 0.1) is 6.10 Å². The van der Waals surface area contributed by atoms with Crippen molar-refractivity contribution in [3.8, 4) is 5.75 Å². The van der Waals surface area contributed by atoms with Gasteiger partial charge in [0.15, 0.2) is 6.73 Å². The number of imidazole rings is 1. The highest BCUT2D eigenvalue weighted by atomic mass is 16.5. The molecule has 2 rings (SSSR count). The number of ether oxygens (including phenoxy) is 2. The first-order valence-electron chi connectivity index (χ1n) is 6.58. The minimum atomic E-state index is 0.247.